The molecule has 110 valence electrons. The van der Waals surface area contributed by atoms with Crippen LogP contribution in [0, 0.1) is 6.92 Å². The van der Waals surface area contributed by atoms with Gasteiger partial charge in [0.15, 0.2) is 0 Å². The molecule has 1 rings (SSSR count). The van der Waals surface area contributed by atoms with E-state index in [0.29, 0.717) is 19.8 Å². The zero-order valence-electron chi connectivity index (χ0n) is 12.4. The van der Waals surface area contributed by atoms with E-state index in [-0.39, 0.29) is 0 Å². The van der Waals surface area contributed by atoms with Gasteiger partial charge in [-0.15, -0.1) is 0 Å². The van der Waals surface area contributed by atoms with Crippen molar-refractivity contribution < 1.29 is 13.3 Å². The predicted molar refractivity (Wildman–Crippen MR) is 74.8 cm³/mol. The smallest absolute Gasteiger partial charge is 0.374 e. The minimum atomic E-state index is -2.51. The highest BCUT2D eigenvalue weighted by atomic mass is 28.4. The first kappa shape index (κ1) is 16.3. The van der Waals surface area contributed by atoms with Gasteiger partial charge in [0.1, 0.15) is 0 Å². The Kier molecular flexibility index (Phi) is 7.22. The molecule has 1 aromatic rings. The first-order valence-corrected chi connectivity index (χ1v) is 8.87. The maximum Gasteiger partial charge on any atom is 0.500 e. The van der Waals surface area contributed by atoms with Crippen molar-refractivity contribution in [3.63, 3.8) is 0 Å². The number of hydrogen-bond acceptors (Lipinski definition) is 5. The van der Waals surface area contributed by atoms with E-state index >= 15 is 0 Å². The van der Waals surface area contributed by atoms with Gasteiger partial charge in [0.05, 0.1) is 18.4 Å². The lowest BCUT2D eigenvalue weighted by atomic mass is 10.5. The molecule has 1 aromatic heterocycles. The summed E-state index contributed by atoms with van der Waals surface area (Å²) in [6.45, 7) is 10.5. The summed E-state index contributed by atoms with van der Waals surface area (Å²) in [5.74, 6) is 0. The van der Waals surface area contributed by atoms with E-state index in [1.54, 1.807) is 11.0 Å². The summed E-state index contributed by atoms with van der Waals surface area (Å²) in [5, 5.41) is 8.44. The van der Waals surface area contributed by atoms with Gasteiger partial charge in [-0.3, -0.25) is 0 Å². The van der Waals surface area contributed by atoms with Gasteiger partial charge in [0, 0.05) is 25.9 Å². The van der Waals surface area contributed by atoms with Gasteiger partial charge in [-0.25, -0.2) is 0 Å². The maximum absolute atomic E-state index is 5.80. The van der Waals surface area contributed by atoms with Gasteiger partial charge in [-0.1, -0.05) is 0 Å². The number of nitrogens with zero attached hydrogens (tertiary/aromatic N) is 3. The Hall–Kier alpha value is -0.763. The molecule has 0 aliphatic rings. The lowest BCUT2D eigenvalue weighted by Gasteiger charge is -2.28. The van der Waals surface area contributed by atoms with E-state index in [1.165, 1.54) is 0 Å². The van der Waals surface area contributed by atoms with Crippen LogP contribution < -0.4 is 0 Å². The highest BCUT2D eigenvalue weighted by Gasteiger charge is 2.39. The first-order chi connectivity index (χ1) is 9.15. The van der Waals surface area contributed by atoms with Crippen LogP contribution in [0.3, 0.4) is 0 Å². The van der Waals surface area contributed by atoms with E-state index in [2.05, 4.69) is 10.2 Å². The van der Waals surface area contributed by atoms with Crippen LogP contribution in [0.5, 0.6) is 0 Å². The number of rotatable bonds is 10. The van der Waals surface area contributed by atoms with Crippen molar-refractivity contribution in [2.75, 3.05) is 19.8 Å². The normalized spacial score (nSPS) is 12.0. The molecule has 1 heterocycles. The molecule has 0 aromatic carbocycles. The van der Waals surface area contributed by atoms with Crippen LogP contribution in [0.4, 0.5) is 0 Å². The highest BCUT2D eigenvalue weighted by molar-refractivity contribution is 6.60. The topological polar surface area (TPSA) is 58.4 Å². The third kappa shape index (κ3) is 5.39. The number of aryl methyl sites for hydroxylation is 2. The van der Waals surface area contributed by atoms with Crippen LogP contribution in [0.25, 0.3) is 0 Å². The fourth-order valence-electron chi connectivity index (χ4n) is 1.93. The zero-order chi connectivity index (χ0) is 14.1. The standard InChI is InChI=1S/C12H25N3O3Si/c1-5-16-19(17-6-2,18-7-3)10-8-9-15-13-11-12(4)14-15/h11H,5-10H2,1-4H3. The van der Waals surface area contributed by atoms with Gasteiger partial charge in [0.2, 0.25) is 0 Å². The zero-order valence-corrected chi connectivity index (χ0v) is 13.4. The van der Waals surface area contributed by atoms with Crippen LogP contribution >= 0.6 is 0 Å². The third-order valence-corrected chi connectivity index (χ3v) is 5.74. The molecule has 0 spiro atoms. The van der Waals surface area contributed by atoms with E-state index < -0.39 is 8.80 Å². The molecule has 0 atom stereocenters. The van der Waals surface area contributed by atoms with Crippen molar-refractivity contribution in [2.45, 2.75) is 46.7 Å². The summed E-state index contributed by atoms with van der Waals surface area (Å²) in [7, 11) is -2.51. The SMILES string of the molecule is CCO[Si](CCCn1ncc(C)n1)(OCC)OCC. The minimum absolute atomic E-state index is 0.616. The Labute approximate surface area is 116 Å². The second-order valence-electron chi connectivity index (χ2n) is 4.17. The summed E-state index contributed by atoms with van der Waals surface area (Å²) in [4.78, 5) is 1.71. The predicted octanol–water partition coefficient (Wildman–Crippen LogP) is 2.03. The lowest BCUT2D eigenvalue weighted by molar-refractivity contribution is 0.0704. The molecule has 6 nitrogen and oxygen atoms in total. The molecule has 0 saturated carbocycles. The average molecular weight is 287 g/mol. The van der Waals surface area contributed by atoms with Crippen LogP contribution in [-0.2, 0) is 19.8 Å². The van der Waals surface area contributed by atoms with Crippen molar-refractivity contribution in [1.82, 2.24) is 15.0 Å². The fraction of sp³-hybridized carbons (Fsp3) is 0.833. The fourth-order valence-corrected chi connectivity index (χ4v) is 4.52. The Morgan fingerprint density at radius 3 is 2.11 bits per heavy atom. The number of hydrogen-bond donors (Lipinski definition) is 0. The van der Waals surface area contributed by atoms with Crippen molar-refractivity contribution in [3.05, 3.63) is 11.9 Å². The third-order valence-electron chi connectivity index (χ3n) is 2.58. The largest absolute Gasteiger partial charge is 0.500 e. The second-order valence-corrected chi connectivity index (χ2v) is 6.90. The van der Waals surface area contributed by atoms with Gasteiger partial charge in [0.25, 0.3) is 0 Å². The van der Waals surface area contributed by atoms with E-state index in [4.69, 9.17) is 13.3 Å². The van der Waals surface area contributed by atoms with Crippen molar-refractivity contribution in [3.8, 4) is 0 Å². The molecule has 0 saturated heterocycles. The van der Waals surface area contributed by atoms with E-state index in [9.17, 15) is 0 Å². The van der Waals surface area contributed by atoms with E-state index in [0.717, 1.165) is 24.7 Å². The highest BCUT2D eigenvalue weighted by Crippen LogP contribution is 2.18. The summed E-state index contributed by atoms with van der Waals surface area (Å²) >= 11 is 0. The molecule has 0 N–H and O–H groups in total. The summed E-state index contributed by atoms with van der Waals surface area (Å²) in [6, 6.07) is 0.795. The molecule has 0 aliphatic heterocycles. The monoisotopic (exact) mass is 287 g/mol. The molecule has 0 unspecified atom stereocenters. The lowest BCUT2D eigenvalue weighted by Crippen LogP contribution is -2.46. The molecule has 7 heteroatoms. The van der Waals surface area contributed by atoms with Crippen molar-refractivity contribution in [2.24, 2.45) is 0 Å². The summed E-state index contributed by atoms with van der Waals surface area (Å²) in [5.41, 5.74) is 0.933. The van der Waals surface area contributed by atoms with Crippen LogP contribution in [-0.4, -0.2) is 43.6 Å². The Balaban J connectivity index is 2.50. The number of aromatic nitrogens is 3. The molecule has 0 bridgehead atoms. The van der Waals surface area contributed by atoms with Gasteiger partial charge < -0.3 is 13.3 Å². The van der Waals surface area contributed by atoms with Crippen molar-refractivity contribution in [1.29, 1.82) is 0 Å². The molecule has 0 aliphatic carbocycles. The Morgan fingerprint density at radius 2 is 1.68 bits per heavy atom. The summed E-state index contributed by atoms with van der Waals surface area (Å²) < 4.78 is 17.4. The molecular formula is C12H25N3O3Si. The summed E-state index contributed by atoms with van der Waals surface area (Å²) in [6.07, 6.45) is 2.65. The quantitative estimate of drug-likeness (QED) is 0.616. The van der Waals surface area contributed by atoms with Crippen LogP contribution in [0.15, 0.2) is 6.20 Å². The van der Waals surface area contributed by atoms with E-state index in [1.807, 2.05) is 27.7 Å². The van der Waals surface area contributed by atoms with Crippen molar-refractivity contribution >= 4 is 8.80 Å². The van der Waals surface area contributed by atoms with Gasteiger partial charge >= 0.3 is 8.80 Å². The molecule has 0 radical (unpaired) electrons. The van der Waals surface area contributed by atoms with Crippen LogP contribution in [0.2, 0.25) is 6.04 Å². The van der Waals surface area contributed by atoms with Crippen LogP contribution in [0.1, 0.15) is 32.9 Å². The second kappa shape index (κ2) is 8.42. The molecule has 19 heavy (non-hydrogen) atoms. The molecule has 0 fully saturated rings. The van der Waals surface area contributed by atoms with Gasteiger partial charge in [-0.05, 0) is 34.1 Å². The van der Waals surface area contributed by atoms with Gasteiger partial charge in [-0.2, -0.15) is 15.0 Å². The molecule has 0 amide bonds. The average Bonchev–Trinajstić information content (AvgIpc) is 2.76. The Bertz CT molecular complexity index is 343. The maximum atomic E-state index is 5.80. The Morgan fingerprint density at radius 1 is 1.11 bits per heavy atom. The first-order valence-electron chi connectivity index (χ1n) is 6.94. The minimum Gasteiger partial charge on any atom is -0.374 e. The molecular weight excluding hydrogens is 262 g/mol.